The molecule has 1 amide bonds. The number of benzene rings is 1. The van der Waals surface area contributed by atoms with E-state index in [0.29, 0.717) is 45.7 Å². The number of aromatic nitrogens is 1. The van der Waals surface area contributed by atoms with Crippen LogP contribution < -0.4 is 0 Å². The van der Waals surface area contributed by atoms with E-state index in [1.807, 2.05) is 13.8 Å². The number of carbonyl (C=O) groups is 1. The third-order valence-corrected chi connectivity index (χ3v) is 5.48. The third kappa shape index (κ3) is 3.41. The molecule has 2 atom stereocenters. The molecule has 1 fully saturated rings. The van der Waals surface area contributed by atoms with Gasteiger partial charge in [0.15, 0.2) is 0 Å². The van der Waals surface area contributed by atoms with Crippen molar-refractivity contribution in [3.05, 3.63) is 39.6 Å². The number of likely N-dealkylation sites (tertiary alicyclic amines) is 1. The van der Waals surface area contributed by atoms with Crippen LogP contribution in [0.2, 0.25) is 10.0 Å². The summed E-state index contributed by atoms with van der Waals surface area (Å²) in [5, 5.41) is 15.0. The van der Waals surface area contributed by atoms with Crippen LogP contribution in [0.1, 0.15) is 30.0 Å². The van der Waals surface area contributed by atoms with Crippen molar-refractivity contribution < 1.29 is 14.4 Å². The van der Waals surface area contributed by atoms with E-state index in [4.69, 9.17) is 27.7 Å². The van der Waals surface area contributed by atoms with E-state index in [0.717, 1.165) is 0 Å². The van der Waals surface area contributed by atoms with Crippen molar-refractivity contribution in [2.24, 2.45) is 11.8 Å². The van der Waals surface area contributed by atoms with Gasteiger partial charge < -0.3 is 14.5 Å². The first kappa shape index (κ1) is 18.2. The van der Waals surface area contributed by atoms with Gasteiger partial charge in [-0.2, -0.15) is 0 Å². The molecule has 1 aliphatic heterocycles. The number of nitrogens with zero attached hydrogens (tertiary/aromatic N) is 2. The Morgan fingerprint density at radius 1 is 1.24 bits per heavy atom. The zero-order valence-electron chi connectivity index (χ0n) is 14.3. The summed E-state index contributed by atoms with van der Waals surface area (Å²) in [4.78, 5) is 14.9. The van der Waals surface area contributed by atoms with Gasteiger partial charge in [0.25, 0.3) is 5.91 Å². The van der Waals surface area contributed by atoms with Crippen molar-refractivity contribution >= 4 is 29.1 Å². The molecule has 0 saturated carbocycles. The Bertz CT molecular complexity index is 794. The number of rotatable bonds is 2. The van der Waals surface area contributed by atoms with Gasteiger partial charge in [0.1, 0.15) is 17.0 Å². The molecule has 3 rings (SSSR count). The van der Waals surface area contributed by atoms with Gasteiger partial charge in [-0.25, -0.2) is 0 Å². The molecule has 7 heteroatoms. The first-order chi connectivity index (χ1) is 11.8. The molecule has 134 valence electrons. The van der Waals surface area contributed by atoms with Crippen molar-refractivity contribution in [3.63, 3.8) is 0 Å². The van der Waals surface area contributed by atoms with Gasteiger partial charge in [-0.3, -0.25) is 4.79 Å². The zero-order valence-corrected chi connectivity index (χ0v) is 15.8. The van der Waals surface area contributed by atoms with E-state index in [9.17, 15) is 9.90 Å². The van der Waals surface area contributed by atoms with E-state index in [2.05, 4.69) is 5.16 Å². The summed E-state index contributed by atoms with van der Waals surface area (Å²) in [5.74, 6) is 0.338. The summed E-state index contributed by atoms with van der Waals surface area (Å²) < 4.78 is 5.28. The number of aryl methyl sites for hydroxylation is 1. The molecule has 0 spiro atoms. The molecule has 2 unspecified atom stereocenters. The maximum atomic E-state index is 13.1. The van der Waals surface area contributed by atoms with Crippen LogP contribution in [0.25, 0.3) is 11.3 Å². The summed E-state index contributed by atoms with van der Waals surface area (Å²) in [6, 6.07) is 5.09. The maximum Gasteiger partial charge on any atom is 0.259 e. The van der Waals surface area contributed by atoms with Gasteiger partial charge in [-0.15, -0.1) is 0 Å². The van der Waals surface area contributed by atoms with Gasteiger partial charge >= 0.3 is 0 Å². The van der Waals surface area contributed by atoms with Gasteiger partial charge in [-0.05, 0) is 30.9 Å². The molecule has 5 nitrogen and oxygen atoms in total. The van der Waals surface area contributed by atoms with Crippen LogP contribution in [0.5, 0.6) is 0 Å². The van der Waals surface area contributed by atoms with Gasteiger partial charge in [0.05, 0.1) is 16.1 Å². The number of aliphatic hydroxyl groups is 1. The van der Waals surface area contributed by atoms with Gasteiger partial charge in [-0.1, -0.05) is 48.3 Å². The Morgan fingerprint density at radius 2 is 1.88 bits per heavy atom. The number of piperidine rings is 1. The van der Waals surface area contributed by atoms with E-state index in [1.54, 1.807) is 30.0 Å². The highest BCUT2D eigenvalue weighted by Crippen LogP contribution is 2.32. The highest BCUT2D eigenvalue weighted by atomic mass is 35.5. The van der Waals surface area contributed by atoms with Crippen molar-refractivity contribution in [1.82, 2.24) is 10.1 Å². The molecule has 0 aliphatic carbocycles. The molecular weight excluding hydrogens is 363 g/mol. The summed E-state index contributed by atoms with van der Waals surface area (Å²) >= 11 is 12.1. The van der Waals surface area contributed by atoms with Crippen LogP contribution in [0.4, 0.5) is 0 Å². The number of hydrogen-bond donors (Lipinski definition) is 1. The lowest BCUT2D eigenvalue weighted by Crippen LogP contribution is -2.49. The first-order valence-corrected chi connectivity index (χ1v) is 8.94. The average Bonchev–Trinajstić information content (AvgIpc) is 2.95. The second-order valence-corrected chi connectivity index (χ2v) is 7.56. The lowest BCUT2D eigenvalue weighted by atomic mass is 9.88. The number of amides is 1. The first-order valence-electron chi connectivity index (χ1n) is 8.18. The number of carbonyl (C=O) groups excluding carboxylic acids is 1. The van der Waals surface area contributed by atoms with Crippen LogP contribution in [0.15, 0.2) is 22.7 Å². The standard InChI is InChI=1S/C18H20Cl2N2O3/c1-9-7-22(8-10(2)17(9)23)18(24)15-11(3)25-21-16(15)12-4-5-13(19)14(20)6-12/h4-6,9-10,17,23H,7-8H2,1-3H3. The Hall–Kier alpha value is -1.56. The molecule has 2 heterocycles. The summed E-state index contributed by atoms with van der Waals surface area (Å²) in [6.07, 6.45) is -0.401. The van der Waals surface area contributed by atoms with Crippen LogP contribution in [0, 0.1) is 18.8 Å². The second kappa shape index (κ2) is 6.98. The molecular formula is C18H20Cl2N2O3. The summed E-state index contributed by atoms with van der Waals surface area (Å²) in [7, 11) is 0. The summed E-state index contributed by atoms with van der Waals surface area (Å²) in [6.45, 7) is 6.60. The SMILES string of the molecule is Cc1onc(-c2ccc(Cl)c(Cl)c2)c1C(=O)N1CC(C)C(O)C(C)C1. The fraction of sp³-hybridized carbons (Fsp3) is 0.444. The van der Waals surface area contributed by atoms with Crippen molar-refractivity contribution in [1.29, 1.82) is 0 Å². The Kier molecular flexibility index (Phi) is 5.09. The van der Waals surface area contributed by atoms with Crippen molar-refractivity contribution in [2.45, 2.75) is 26.9 Å². The lowest BCUT2D eigenvalue weighted by Gasteiger charge is -2.38. The van der Waals surface area contributed by atoms with Crippen LogP contribution in [-0.4, -0.2) is 40.3 Å². The molecule has 1 N–H and O–H groups in total. The highest BCUT2D eigenvalue weighted by molar-refractivity contribution is 6.42. The van der Waals surface area contributed by atoms with E-state index in [-0.39, 0.29) is 17.7 Å². The number of hydrogen-bond acceptors (Lipinski definition) is 4. The third-order valence-electron chi connectivity index (χ3n) is 4.74. The molecule has 0 radical (unpaired) electrons. The van der Waals surface area contributed by atoms with Crippen molar-refractivity contribution in [2.75, 3.05) is 13.1 Å². The number of aliphatic hydroxyl groups excluding tert-OH is 1. The normalized spacial score (nSPS) is 23.8. The van der Waals surface area contributed by atoms with E-state index >= 15 is 0 Å². The van der Waals surface area contributed by atoms with Gasteiger partial charge in [0.2, 0.25) is 0 Å². The highest BCUT2D eigenvalue weighted by Gasteiger charge is 2.35. The molecule has 25 heavy (non-hydrogen) atoms. The smallest absolute Gasteiger partial charge is 0.259 e. The van der Waals surface area contributed by atoms with E-state index < -0.39 is 6.10 Å². The monoisotopic (exact) mass is 382 g/mol. The van der Waals surface area contributed by atoms with Crippen molar-refractivity contribution in [3.8, 4) is 11.3 Å². The Labute approximate surface area is 156 Å². The molecule has 0 bridgehead atoms. The van der Waals surface area contributed by atoms with Gasteiger partial charge in [0, 0.05) is 18.7 Å². The minimum absolute atomic E-state index is 0.0151. The topological polar surface area (TPSA) is 66.6 Å². The maximum absolute atomic E-state index is 13.1. The predicted octanol–water partition coefficient (Wildman–Crippen LogP) is 4.05. The van der Waals surface area contributed by atoms with Crippen LogP contribution in [0.3, 0.4) is 0 Å². The predicted molar refractivity (Wildman–Crippen MR) is 96.9 cm³/mol. The largest absolute Gasteiger partial charge is 0.392 e. The fourth-order valence-electron chi connectivity index (χ4n) is 3.34. The quantitative estimate of drug-likeness (QED) is 0.850. The van der Waals surface area contributed by atoms with Crippen LogP contribution >= 0.6 is 23.2 Å². The second-order valence-electron chi connectivity index (χ2n) is 6.75. The van der Waals surface area contributed by atoms with E-state index in [1.165, 1.54) is 0 Å². The molecule has 1 aromatic carbocycles. The Morgan fingerprint density at radius 3 is 2.48 bits per heavy atom. The molecule has 2 aromatic rings. The molecule has 1 aliphatic rings. The molecule has 1 aromatic heterocycles. The minimum atomic E-state index is -0.401. The fourth-order valence-corrected chi connectivity index (χ4v) is 3.63. The summed E-state index contributed by atoms with van der Waals surface area (Å²) in [5.41, 5.74) is 1.55. The van der Waals surface area contributed by atoms with Crippen LogP contribution in [-0.2, 0) is 0 Å². The Balaban J connectivity index is 1.96. The molecule has 1 saturated heterocycles. The zero-order chi connectivity index (χ0) is 18.3. The number of halogens is 2. The lowest BCUT2D eigenvalue weighted by molar-refractivity contribution is -0.00354. The minimum Gasteiger partial charge on any atom is -0.392 e. The average molecular weight is 383 g/mol.